The smallest absolute Gasteiger partial charge is 0.340 e. The lowest BCUT2D eigenvalue weighted by Crippen LogP contribution is -2.41. The minimum Gasteiger partial charge on any atom is -0.480 e. The average molecular weight is 466 g/mol. The molecule has 33 heavy (non-hydrogen) atoms. The molecule has 4 aromatic rings. The Morgan fingerprint density at radius 1 is 1.15 bits per heavy atom. The summed E-state index contributed by atoms with van der Waals surface area (Å²) in [4.78, 5) is 38.4. The molecule has 0 radical (unpaired) electrons. The number of fused-ring (bicyclic) bond motifs is 2. The van der Waals surface area contributed by atoms with Crippen LogP contribution in [0.4, 0.5) is 0 Å². The molecule has 1 atom stereocenters. The Kier molecular flexibility index (Phi) is 5.21. The molecule has 1 amide bonds. The maximum absolute atomic E-state index is 12.9. The predicted molar refractivity (Wildman–Crippen MR) is 124 cm³/mol. The van der Waals surface area contributed by atoms with Crippen LogP contribution in [0.15, 0.2) is 56.3 Å². The Morgan fingerprint density at radius 2 is 1.91 bits per heavy atom. The summed E-state index contributed by atoms with van der Waals surface area (Å²) < 4.78 is 11.2. The number of carboxylic acids is 1. The zero-order valence-electron chi connectivity index (χ0n) is 17.8. The fourth-order valence-corrected chi connectivity index (χ4v) is 4.67. The van der Waals surface area contributed by atoms with Crippen LogP contribution in [-0.4, -0.2) is 34.5 Å². The van der Waals surface area contributed by atoms with Crippen molar-refractivity contribution in [2.75, 3.05) is 6.54 Å². The lowest BCUT2D eigenvalue weighted by Gasteiger charge is -2.21. The number of aliphatic carboxylic acids is 1. The van der Waals surface area contributed by atoms with E-state index in [2.05, 4.69) is 0 Å². The number of halogens is 1. The number of carbonyl (C=O) groups is 2. The molecule has 5 rings (SSSR count). The Balaban J connectivity index is 1.58. The van der Waals surface area contributed by atoms with Crippen molar-refractivity contribution in [2.24, 2.45) is 0 Å². The number of hydrogen-bond acceptors (Lipinski definition) is 5. The summed E-state index contributed by atoms with van der Waals surface area (Å²) in [5, 5.41) is 11.5. The lowest BCUT2D eigenvalue weighted by molar-refractivity contribution is -0.148. The second kappa shape index (κ2) is 8.08. The number of carboxylic acid groups (broad SMARTS) is 1. The largest absolute Gasteiger partial charge is 0.480 e. The first kappa shape index (κ1) is 21.3. The highest BCUT2D eigenvalue weighted by molar-refractivity contribution is 6.30. The highest BCUT2D eigenvalue weighted by Crippen LogP contribution is 2.35. The SMILES string of the molecule is Cc1c(CC(=O)N2CCC[C@@H]2C(=O)O)c(=O)oc2cc3occ(-c4ccc(Cl)cc4)c3cc12. The van der Waals surface area contributed by atoms with Crippen LogP contribution in [0, 0.1) is 6.92 Å². The van der Waals surface area contributed by atoms with E-state index in [1.807, 2.05) is 18.2 Å². The van der Waals surface area contributed by atoms with Crippen LogP contribution in [-0.2, 0) is 16.0 Å². The number of amides is 1. The minimum absolute atomic E-state index is 0.207. The summed E-state index contributed by atoms with van der Waals surface area (Å²) in [6.45, 7) is 2.14. The van der Waals surface area contributed by atoms with E-state index in [0.29, 0.717) is 46.5 Å². The molecule has 0 spiro atoms. The maximum atomic E-state index is 12.9. The number of furan rings is 1. The van der Waals surface area contributed by atoms with E-state index in [1.54, 1.807) is 31.4 Å². The summed E-state index contributed by atoms with van der Waals surface area (Å²) in [6, 6.07) is 10.1. The van der Waals surface area contributed by atoms with Crippen molar-refractivity contribution in [3.63, 3.8) is 0 Å². The molecule has 3 heterocycles. The molecular weight excluding hydrogens is 446 g/mol. The van der Waals surface area contributed by atoms with Gasteiger partial charge in [0.25, 0.3) is 0 Å². The van der Waals surface area contributed by atoms with E-state index in [4.69, 9.17) is 20.4 Å². The number of carbonyl (C=O) groups excluding carboxylic acids is 1. The van der Waals surface area contributed by atoms with E-state index in [-0.39, 0.29) is 17.9 Å². The molecule has 0 bridgehead atoms. The van der Waals surface area contributed by atoms with Gasteiger partial charge in [-0.15, -0.1) is 0 Å². The van der Waals surface area contributed by atoms with Crippen molar-refractivity contribution in [2.45, 2.75) is 32.2 Å². The molecule has 168 valence electrons. The number of likely N-dealkylation sites (tertiary alicyclic amines) is 1. The molecule has 2 aromatic carbocycles. The zero-order valence-corrected chi connectivity index (χ0v) is 18.5. The van der Waals surface area contributed by atoms with Gasteiger partial charge < -0.3 is 18.8 Å². The fourth-order valence-electron chi connectivity index (χ4n) is 4.54. The molecule has 1 saturated heterocycles. The highest BCUT2D eigenvalue weighted by Gasteiger charge is 2.34. The minimum atomic E-state index is -1.03. The van der Waals surface area contributed by atoms with Crippen molar-refractivity contribution in [3.8, 4) is 11.1 Å². The Morgan fingerprint density at radius 3 is 2.64 bits per heavy atom. The predicted octanol–water partition coefficient (Wildman–Crippen LogP) is 4.79. The van der Waals surface area contributed by atoms with Gasteiger partial charge in [0.15, 0.2) is 0 Å². The van der Waals surface area contributed by atoms with Gasteiger partial charge in [-0.3, -0.25) is 4.79 Å². The van der Waals surface area contributed by atoms with Gasteiger partial charge in [-0.25, -0.2) is 9.59 Å². The molecular formula is C25H20ClNO6. The van der Waals surface area contributed by atoms with Gasteiger partial charge in [-0.2, -0.15) is 0 Å². The highest BCUT2D eigenvalue weighted by atomic mass is 35.5. The summed E-state index contributed by atoms with van der Waals surface area (Å²) >= 11 is 6.01. The number of rotatable bonds is 4. The summed E-state index contributed by atoms with van der Waals surface area (Å²) in [5.41, 5.74) is 2.99. The van der Waals surface area contributed by atoms with Crippen LogP contribution in [0.3, 0.4) is 0 Å². The van der Waals surface area contributed by atoms with Gasteiger partial charge in [-0.1, -0.05) is 23.7 Å². The molecule has 1 fully saturated rings. The molecule has 0 aliphatic carbocycles. The van der Waals surface area contributed by atoms with E-state index in [9.17, 15) is 19.5 Å². The number of hydrogen-bond donors (Lipinski definition) is 1. The third kappa shape index (κ3) is 3.68. The van der Waals surface area contributed by atoms with Crippen molar-refractivity contribution in [3.05, 3.63) is 69.2 Å². The van der Waals surface area contributed by atoms with E-state index in [1.165, 1.54) is 4.90 Å². The number of nitrogens with zero attached hydrogens (tertiary/aromatic N) is 1. The first-order valence-corrected chi connectivity index (χ1v) is 11.0. The normalized spacial score (nSPS) is 16.1. The second-order valence-corrected chi connectivity index (χ2v) is 8.69. The third-order valence-electron chi connectivity index (χ3n) is 6.32. The zero-order chi connectivity index (χ0) is 23.3. The van der Waals surface area contributed by atoms with Gasteiger partial charge in [0.1, 0.15) is 17.2 Å². The standard InChI is InChI=1S/C25H20ClNO6/c1-13-16-9-18-19(14-4-6-15(26)7-5-14)12-32-21(18)11-22(16)33-25(31)17(13)10-23(28)27-8-2-3-20(27)24(29)30/h4-7,9,11-12,20H,2-3,8,10H2,1H3,(H,29,30)/t20-/m1/s1. The van der Waals surface area contributed by atoms with E-state index >= 15 is 0 Å². The second-order valence-electron chi connectivity index (χ2n) is 8.25. The van der Waals surface area contributed by atoms with Gasteiger partial charge in [-0.05, 0) is 49.1 Å². The molecule has 1 N–H and O–H groups in total. The van der Waals surface area contributed by atoms with Crippen molar-refractivity contribution >= 4 is 45.4 Å². The fraction of sp³-hybridized carbons (Fsp3) is 0.240. The quantitative estimate of drug-likeness (QED) is 0.435. The Bertz CT molecular complexity index is 1470. The lowest BCUT2D eigenvalue weighted by atomic mass is 9.99. The van der Waals surface area contributed by atoms with E-state index in [0.717, 1.165) is 16.5 Å². The van der Waals surface area contributed by atoms with Crippen LogP contribution in [0.1, 0.15) is 24.0 Å². The Labute approximate surface area is 193 Å². The number of benzene rings is 2. The van der Waals surface area contributed by atoms with Crippen LogP contribution < -0.4 is 5.63 Å². The van der Waals surface area contributed by atoms with Crippen molar-refractivity contribution in [1.29, 1.82) is 0 Å². The summed E-state index contributed by atoms with van der Waals surface area (Å²) in [7, 11) is 0. The third-order valence-corrected chi connectivity index (χ3v) is 6.57. The monoisotopic (exact) mass is 465 g/mol. The topological polar surface area (TPSA) is 101 Å². The van der Waals surface area contributed by atoms with Gasteiger partial charge in [0.2, 0.25) is 5.91 Å². The van der Waals surface area contributed by atoms with Crippen LogP contribution in [0.25, 0.3) is 33.1 Å². The molecule has 8 heteroatoms. The first-order valence-electron chi connectivity index (χ1n) is 10.6. The van der Waals surface area contributed by atoms with Crippen LogP contribution in [0.2, 0.25) is 5.02 Å². The first-order chi connectivity index (χ1) is 15.8. The molecule has 2 aromatic heterocycles. The molecule has 0 saturated carbocycles. The average Bonchev–Trinajstić information content (AvgIpc) is 3.43. The van der Waals surface area contributed by atoms with Crippen LogP contribution >= 0.6 is 11.6 Å². The maximum Gasteiger partial charge on any atom is 0.340 e. The van der Waals surface area contributed by atoms with E-state index < -0.39 is 17.6 Å². The summed E-state index contributed by atoms with van der Waals surface area (Å²) in [6.07, 6.45) is 2.48. The van der Waals surface area contributed by atoms with Crippen molar-refractivity contribution < 1.29 is 23.5 Å². The number of aryl methyl sites for hydroxylation is 1. The van der Waals surface area contributed by atoms with Gasteiger partial charge >= 0.3 is 11.6 Å². The van der Waals surface area contributed by atoms with Gasteiger partial charge in [0, 0.05) is 34.0 Å². The Hall–Kier alpha value is -3.58. The van der Waals surface area contributed by atoms with Gasteiger partial charge in [0.05, 0.1) is 18.2 Å². The summed E-state index contributed by atoms with van der Waals surface area (Å²) in [5.74, 6) is -1.42. The van der Waals surface area contributed by atoms with Crippen molar-refractivity contribution in [1.82, 2.24) is 4.90 Å². The molecule has 7 nitrogen and oxygen atoms in total. The molecule has 0 unspecified atom stereocenters. The molecule has 1 aliphatic heterocycles. The molecule has 1 aliphatic rings. The van der Waals surface area contributed by atoms with Crippen LogP contribution in [0.5, 0.6) is 0 Å².